The highest BCUT2D eigenvalue weighted by atomic mass is 127. The predicted molar refractivity (Wildman–Crippen MR) is 117 cm³/mol. The topological polar surface area (TPSA) is 94.1 Å². The molecule has 3 rings (SSSR count). The first-order chi connectivity index (χ1) is 13.8. The fraction of sp³-hybridized carbons (Fsp3) is 0.333. The lowest BCUT2D eigenvalue weighted by atomic mass is 9.95. The maximum Gasteiger partial charge on any atom is 0.221 e. The summed E-state index contributed by atoms with van der Waals surface area (Å²) < 4.78 is 17.1. The molecule has 0 spiro atoms. The number of rotatable bonds is 4. The van der Waals surface area contributed by atoms with E-state index in [0.717, 1.165) is 11.1 Å². The molecule has 0 saturated heterocycles. The zero-order chi connectivity index (χ0) is 21.3. The zero-order valence-electron chi connectivity index (χ0n) is 16.6. The van der Waals surface area contributed by atoms with Gasteiger partial charge >= 0.3 is 0 Å². The second kappa shape index (κ2) is 8.48. The molecule has 0 bridgehead atoms. The van der Waals surface area contributed by atoms with Crippen molar-refractivity contribution in [1.29, 1.82) is 0 Å². The Kier molecular flexibility index (Phi) is 6.21. The number of carbonyl (C=O) groups is 1. The minimum atomic E-state index is -0.506. The van der Waals surface area contributed by atoms with E-state index in [9.17, 15) is 14.7 Å². The number of methoxy groups -OCH3 is 3. The van der Waals surface area contributed by atoms with Gasteiger partial charge in [-0.3, -0.25) is 9.59 Å². The molecule has 7 nitrogen and oxygen atoms in total. The molecular weight excluding hydrogens is 489 g/mol. The van der Waals surface area contributed by atoms with Crippen LogP contribution in [0.3, 0.4) is 0 Å². The third kappa shape index (κ3) is 3.85. The Morgan fingerprint density at radius 3 is 2.41 bits per heavy atom. The van der Waals surface area contributed by atoms with Crippen LogP contribution in [-0.4, -0.2) is 32.3 Å². The molecule has 8 heteroatoms. The summed E-state index contributed by atoms with van der Waals surface area (Å²) >= 11 is 1.93. The molecule has 29 heavy (non-hydrogen) atoms. The van der Waals surface area contributed by atoms with E-state index in [-0.39, 0.29) is 11.7 Å². The van der Waals surface area contributed by atoms with Crippen LogP contribution in [-0.2, 0) is 11.2 Å². The molecule has 0 heterocycles. The second-order valence-corrected chi connectivity index (χ2v) is 7.85. The highest BCUT2D eigenvalue weighted by Crippen LogP contribution is 2.50. The molecule has 154 valence electrons. The monoisotopic (exact) mass is 511 g/mol. The molecule has 0 aromatic heterocycles. The Labute approximate surface area is 182 Å². The first-order valence-electron chi connectivity index (χ1n) is 8.98. The number of fused-ring (bicyclic) bond motifs is 3. The van der Waals surface area contributed by atoms with Crippen molar-refractivity contribution in [2.75, 3.05) is 21.3 Å². The van der Waals surface area contributed by atoms with Crippen molar-refractivity contribution >= 4 is 28.5 Å². The summed E-state index contributed by atoms with van der Waals surface area (Å²) in [6.07, 6.45) is 1.19. The Morgan fingerprint density at radius 1 is 1.14 bits per heavy atom. The maximum absolute atomic E-state index is 12.5. The van der Waals surface area contributed by atoms with E-state index in [1.54, 1.807) is 13.2 Å². The Hall–Kier alpha value is -2.49. The number of hydrogen-bond donors (Lipinski definition) is 2. The molecule has 0 unspecified atom stereocenters. The lowest BCUT2D eigenvalue weighted by molar-refractivity contribution is -0.119. The third-order valence-electron chi connectivity index (χ3n) is 4.96. The van der Waals surface area contributed by atoms with Gasteiger partial charge in [0.05, 0.1) is 30.9 Å². The van der Waals surface area contributed by atoms with Gasteiger partial charge in [-0.2, -0.15) is 0 Å². The fourth-order valence-corrected chi connectivity index (χ4v) is 4.32. The Balaban J connectivity index is 2.46. The van der Waals surface area contributed by atoms with Gasteiger partial charge in [-0.15, -0.1) is 0 Å². The maximum atomic E-state index is 12.5. The minimum absolute atomic E-state index is 0.202. The van der Waals surface area contributed by atoms with E-state index in [0.29, 0.717) is 44.8 Å². The minimum Gasteiger partial charge on any atom is -0.503 e. The number of amides is 1. The normalized spacial score (nSPS) is 14.9. The molecule has 2 N–H and O–H groups in total. The van der Waals surface area contributed by atoms with Crippen LogP contribution in [0.1, 0.15) is 30.5 Å². The number of halogens is 1. The van der Waals surface area contributed by atoms with E-state index in [2.05, 4.69) is 5.32 Å². The van der Waals surface area contributed by atoms with Gasteiger partial charge in [0, 0.05) is 12.5 Å². The molecule has 2 aromatic carbocycles. The van der Waals surface area contributed by atoms with Gasteiger partial charge in [-0.1, -0.05) is 0 Å². The number of carbonyl (C=O) groups excluding carboxylic acids is 1. The molecule has 1 amide bonds. The van der Waals surface area contributed by atoms with Crippen LogP contribution in [0.15, 0.2) is 23.0 Å². The van der Waals surface area contributed by atoms with Gasteiger partial charge in [0.2, 0.25) is 17.1 Å². The van der Waals surface area contributed by atoms with Crippen LogP contribution < -0.4 is 25.0 Å². The summed E-state index contributed by atoms with van der Waals surface area (Å²) in [5, 5.41) is 13.2. The molecular formula is C21H22INO6. The summed E-state index contributed by atoms with van der Waals surface area (Å²) in [5.41, 5.74) is 2.49. The quantitative estimate of drug-likeness (QED) is 0.613. The summed E-state index contributed by atoms with van der Waals surface area (Å²) in [6, 6.07) is 4.61. The highest BCUT2D eigenvalue weighted by molar-refractivity contribution is 14.1. The summed E-state index contributed by atoms with van der Waals surface area (Å²) in [5.74, 6) is 0.907. The van der Waals surface area contributed by atoms with Crippen molar-refractivity contribution in [3.05, 3.63) is 43.1 Å². The van der Waals surface area contributed by atoms with Crippen molar-refractivity contribution in [2.45, 2.75) is 25.8 Å². The van der Waals surface area contributed by atoms with Crippen molar-refractivity contribution in [1.82, 2.24) is 5.32 Å². The number of benzene rings is 1. The summed E-state index contributed by atoms with van der Waals surface area (Å²) in [7, 11) is 4.62. The molecule has 1 aliphatic carbocycles. The van der Waals surface area contributed by atoms with E-state index < -0.39 is 11.5 Å². The lowest BCUT2D eigenvalue weighted by Gasteiger charge is -2.19. The largest absolute Gasteiger partial charge is 0.503 e. The zero-order valence-corrected chi connectivity index (χ0v) is 18.7. The van der Waals surface area contributed by atoms with Crippen LogP contribution >= 0.6 is 22.6 Å². The van der Waals surface area contributed by atoms with Crippen LogP contribution in [0.25, 0.3) is 11.1 Å². The molecule has 0 fully saturated rings. The standard InChI is InChI=1S/C21H22INO6/c1-10(24)23-15-6-5-11-7-17(27-2)20(28-3)21(29-4)18(11)13-8-14(22)19(26)16(25)9-12(13)15/h7-9,15H,5-6H2,1-4H3,(H,23,24)(H,25,26)/t15-/m0/s1. The predicted octanol–water partition coefficient (Wildman–Crippen LogP) is 3.17. The fourth-order valence-electron chi connectivity index (χ4n) is 3.74. The van der Waals surface area contributed by atoms with Crippen molar-refractivity contribution < 1.29 is 24.1 Å². The molecule has 0 saturated carbocycles. The first kappa shape index (κ1) is 21.2. The average molecular weight is 511 g/mol. The van der Waals surface area contributed by atoms with Crippen molar-refractivity contribution in [3.8, 4) is 34.1 Å². The van der Waals surface area contributed by atoms with Crippen LogP contribution in [0, 0.1) is 3.57 Å². The average Bonchev–Trinajstić information content (AvgIpc) is 2.89. The molecule has 0 aliphatic heterocycles. The SMILES string of the molecule is COc1cc2c(c(OC)c1OC)-c1cc(I)c(O)c(=O)cc1[C@@H](NC(C)=O)CC2. The Morgan fingerprint density at radius 2 is 1.83 bits per heavy atom. The smallest absolute Gasteiger partial charge is 0.221 e. The summed E-state index contributed by atoms with van der Waals surface area (Å²) in [4.78, 5) is 24.3. The molecule has 1 aliphatic rings. The lowest BCUT2D eigenvalue weighted by Crippen LogP contribution is -2.26. The van der Waals surface area contributed by atoms with Gasteiger partial charge < -0.3 is 24.6 Å². The Bertz CT molecular complexity index is 1040. The number of aryl methyl sites for hydroxylation is 1. The van der Waals surface area contributed by atoms with Gasteiger partial charge in [0.25, 0.3) is 0 Å². The van der Waals surface area contributed by atoms with E-state index in [4.69, 9.17) is 14.2 Å². The van der Waals surface area contributed by atoms with E-state index in [1.165, 1.54) is 27.2 Å². The van der Waals surface area contributed by atoms with Crippen LogP contribution in [0.2, 0.25) is 0 Å². The molecule has 0 radical (unpaired) electrons. The number of ether oxygens (including phenoxy) is 3. The van der Waals surface area contributed by atoms with Crippen molar-refractivity contribution in [3.63, 3.8) is 0 Å². The van der Waals surface area contributed by atoms with Gasteiger partial charge in [0.15, 0.2) is 17.2 Å². The van der Waals surface area contributed by atoms with Crippen LogP contribution in [0.4, 0.5) is 0 Å². The van der Waals surface area contributed by atoms with Gasteiger partial charge in [-0.05, 0) is 70.3 Å². The highest BCUT2D eigenvalue weighted by Gasteiger charge is 2.29. The van der Waals surface area contributed by atoms with Gasteiger partial charge in [0.1, 0.15) is 0 Å². The number of nitrogens with one attached hydrogen (secondary N) is 1. The number of hydrogen-bond acceptors (Lipinski definition) is 6. The third-order valence-corrected chi connectivity index (χ3v) is 5.79. The van der Waals surface area contributed by atoms with Crippen LogP contribution in [0.5, 0.6) is 23.0 Å². The molecule has 2 aromatic rings. The van der Waals surface area contributed by atoms with Crippen molar-refractivity contribution in [2.24, 2.45) is 0 Å². The molecule has 1 atom stereocenters. The summed E-state index contributed by atoms with van der Waals surface area (Å²) in [6.45, 7) is 1.44. The van der Waals surface area contributed by atoms with E-state index in [1.807, 2.05) is 28.7 Å². The van der Waals surface area contributed by atoms with Gasteiger partial charge in [-0.25, -0.2) is 0 Å². The second-order valence-electron chi connectivity index (χ2n) is 6.69. The van der Waals surface area contributed by atoms with E-state index >= 15 is 0 Å². The number of aromatic hydroxyl groups is 1. The first-order valence-corrected chi connectivity index (χ1v) is 10.1.